The van der Waals surface area contributed by atoms with Crippen LogP contribution in [0.5, 0.6) is 0 Å². The summed E-state index contributed by atoms with van der Waals surface area (Å²) >= 11 is 0. The van der Waals surface area contributed by atoms with Gasteiger partial charge in [-0.25, -0.2) is 0 Å². The molecular formula is C15H30N2O. The van der Waals surface area contributed by atoms with E-state index in [9.17, 15) is 0 Å². The molecule has 0 radical (unpaired) electrons. The molecule has 2 atom stereocenters. The Labute approximate surface area is 112 Å². The smallest absolute Gasteiger partial charge is 0.0641 e. The summed E-state index contributed by atoms with van der Waals surface area (Å²) in [7, 11) is 0. The summed E-state index contributed by atoms with van der Waals surface area (Å²) < 4.78 is 5.82. The van der Waals surface area contributed by atoms with Gasteiger partial charge in [-0.05, 0) is 65.1 Å². The standard InChI is InChI=1S/C15H30N2O/c1-4-7-16-11-13-5-8-17(12-13)14-6-9-18-15(2,3)10-14/h13-14,16H,4-12H2,1-3H3. The van der Waals surface area contributed by atoms with E-state index in [2.05, 4.69) is 31.0 Å². The fraction of sp³-hybridized carbons (Fsp3) is 1.00. The monoisotopic (exact) mass is 254 g/mol. The highest BCUT2D eigenvalue weighted by molar-refractivity contribution is 4.89. The van der Waals surface area contributed by atoms with Crippen LogP contribution in [0.3, 0.4) is 0 Å². The first-order valence-corrected chi connectivity index (χ1v) is 7.69. The topological polar surface area (TPSA) is 24.5 Å². The molecular weight excluding hydrogens is 224 g/mol. The maximum absolute atomic E-state index is 5.82. The predicted octanol–water partition coefficient (Wildman–Crippen LogP) is 2.27. The molecule has 18 heavy (non-hydrogen) atoms. The van der Waals surface area contributed by atoms with Gasteiger partial charge >= 0.3 is 0 Å². The summed E-state index contributed by atoms with van der Waals surface area (Å²) in [6.07, 6.45) is 5.03. The van der Waals surface area contributed by atoms with Crippen LogP contribution in [-0.4, -0.2) is 49.3 Å². The van der Waals surface area contributed by atoms with Crippen molar-refractivity contribution in [2.24, 2.45) is 5.92 Å². The molecule has 2 fully saturated rings. The van der Waals surface area contributed by atoms with Gasteiger partial charge in [-0.15, -0.1) is 0 Å². The maximum Gasteiger partial charge on any atom is 0.0641 e. The third kappa shape index (κ3) is 3.94. The zero-order chi connectivity index (χ0) is 13.0. The first-order chi connectivity index (χ1) is 8.61. The Balaban J connectivity index is 1.74. The van der Waals surface area contributed by atoms with Gasteiger partial charge in [0.25, 0.3) is 0 Å². The average molecular weight is 254 g/mol. The first kappa shape index (κ1) is 14.3. The van der Waals surface area contributed by atoms with Crippen LogP contribution in [0.4, 0.5) is 0 Å². The molecule has 0 saturated carbocycles. The lowest BCUT2D eigenvalue weighted by Gasteiger charge is -2.40. The fourth-order valence-electron chi connectivity index (χ4n) is 3.36. The van der Waals surface area contributed by atoms with Gasteiger partial charge in [0.15, 0.2) is 0 Å². The van der Waals surface area contributed by atoms with Crippen LogP contribution in [0.25, 0.3) is 0 Å². The minimum absolute atomic E-state index is 0.0848. The molecule has 0 aromatic carbocycles. The predicted molar refractivity (Wildman–Crippen MR) is 75.9 cm³/mol. The van der Waals surface area contributed by atoms with E-state index in [0.29, 0.717) is 0 Å². The third-order valence-corrected chi connectivity index (χ3v) is 4.36. The summed E-state index contributed by atoms with van der Waals surface area (Å²) in [6.45, 7) is 12.6. The molecule has 2 rings (SSSR count). The molecule has 0 aromatic rings. The Hall–Kier alpha value is -0.120. The Morgan fingerprint density at radius 2 is 2.17 bits per heavy atom. The van der Waals surface area contributed by atoms with E-state index < -0.39 is 0 Å². The molecule has 2 aliphatic rings. The quantitative estimate of drug-likeness (QED) is 0.762. The van der Waals surface area contributed by atoms with Gasteiger partial charge in [-0.2, -0.15) is 0 Å². The van der Waals surface area contributed by atoms with Crippen LogP contribution >= 0.6 is 0 Å². The SMILES string of the molecule is CCCNCC1CCN(C2CCOC(C)(C)C2)C1. The van der Waals surface area contributed by atoms with Crippen LogP contribution < -0.4 is 5.32 Å². The number of hydrogen-bond donors (Lipinski definition) is 1. The fourth-order valence-corrected chi connectivity index (χ4v) is 3.36. The minimum atomic E-state index is 0.0848. The van der Waals surface area contributed by atoms with Crippen molar-refractivity contribution in [3.05, 3.63) is 0 Å². The molecule has 1 N–H and O–H groups in total. The van der Waals surface area contributed by atoms with Crippen molar-refractivity contribution < 1.29 is 4.74 Å². The van der Waals surface area contributed by atoms with E-state index in [-0.39, 0.29) is 5.60 Å². The second-order valence-electron chi connectivity index (χ2n) is 6.61. The van der Waals surface area contributed by atoms with Crippen LogP contribution in [-0.2, 0) is 4.74 Å². The molecule has 2 aliphatic heterocycles. The van der Waals surface area contributed by atoms with E-state index in [4.69, 9.17) is 4.74 Å². The summed E-state index contributed by atoms with van der Waals surface area (Å²) in [5.74, 6) is 0.863. The number of nitrogens with one attached hydrogen (secondary N) is 1. The lowest BCUT2D eigenvalue weighted by molar-refractivity contribution is -0.0806. The van der Waals surface area contributed by atoms with Crippen molar-refractivity contribution in [1.82, 2.24) is 10.2 Å². The van der Waals surface area contributed by atoms with Gasteiger partial charge in [-0.1, -0.05) is 6.92 Å². The Morgan fingerprint density at radius 1 is 1.33 bits per heavy atom. The van der Waals surface area contributed by atoms with Gasteiger partial charge in [0, 0.05) is 19.2 Å². The van der Waals surface area contributed by atoms with Crippen molar-refractivity contribution in [2.45, 2.75) is 58.1 Å². The zero-order valence-electron chi connectivity index (χ0n) is 12.4. The van der Waals surface area contributed by atoms with Crippen molar-refractivity contribution >= 4 is 0 Å². The maximum atomic E-state index is 5.82. The van der Waals surface area contributed by atoms with Gasteiger partial charge in [0.2, 0.25) is 0 Å². The highest BCUT2D eigenvalue weighted by Gasteiger charge is 2.35. The second-order valence-corrected chi connectivity index (χ2v) is 6.61. The molecule has 0 aliphatic carbocycles. The highest BCUT2D eigenvalue weighted by atomic mass is 16.5. The number of nitrogens with zero attached hydrogens (tertiary/aromatic N) is 1. The Bertz CT molecular complexity index is 255. The molecule has 2 saturated heterocycles. The van der Waals surface area contributed by atoms with Gasteiger partial charge in [0.05, 0.1) is 5.60 Å². The van der Waals surface area contributed by atoms with E-state index in [1.807, 2.05) is 0 Å². The summed E-state index contributed by atoms with van der Waals surface area (Å²) in [4.78, 5) is 2.71. The lowest BCUT2D eigenvalue weighted by Crippen LogP contribution is -2.45. The molecule has 106 valence electrons. The number of hydrogen-bond acceptors (Lipinski definition) is 3. The first-order valence-electron chi connectivity index (χ1n) is 7.69. The second kappa shape index (κ2) is 6.36. The van der Waals surface area contributed by atoms with E-state index in [1.165, 1.54) is 51.9 Å². The number of likely N-dealkylation sites (tertiary alicyclic amines) is 1. The van der Waals surface area contributed by atoms with Crippen molar-refractivity contribution in [2.75, 3.05) is 32.8 Å². The Kier molecular flexibility index (Phi) is 5.05. The third-order valence-electron chi connectivity index (χ3n) is 4.36. The summed E-state index contributed by atoms with van der Waals surface area (Å²) in [5.41, 5.74) is 0.0848. The van der Waals surface area contributed by atoms with Gasteiger partial charge in [0.1, 0.15) is 0 Å². The molecule has 0 spiro atoms. The number of rotatable bonds is 5. The van der Waals surface area contributed by atoms with Crippen LogP contribution in [0.2, 0.25) is 0 Å². The summed E-state index contributed by atoms with van der Waals surface area (Å²) in [6, 6.07) is 0.755. The Morgan fingerprint density at radius 3 is 2.89 bits per heavy atom. The molecule has 0 bridgehead atoms. The van der Waals surface area contributed by atoms with E-state index >= 15 is 0 Å². The molecule has 2 heterocycles. The van der Waals surface area contributed by atoms with Gasteiger partial charge in [-0.3, -0.25) is 4.90 Å². The van der Waals surface area contributed by atoms with Crippen molar-refractivity contribution in [3.8, 4) is 0 Å². The lowest BCUT2D eigenvalue weighted by atomic mass is 9.93. The number of ether oxygens (including phenoxy) is 1. The molecule has 0 aromatic heterocycles. The van der Waals surface area contributed by atoms with E-state index in [1.54, 1.807) is 0 Å². The molecule has 3 heteroatoms. The molecule has 0 amide bonds. The van der Waals surface area contributed by atoms with Crippen LogP contribution in [0.1, 0.15) is 46.5 Å². The molecule has 3 nitrogen and oxygen atoms in total. The summed E-state index contributed by atoms with van der Waals surface area (Å²) in [5, 5.41) is 3.57. The average Bonchev–Trinajstić information content (AvgIpc) is 2.77. The zero-order valence-corrected chi connectivity index (χ0v) is 12.4. The van der Waals surface area contributed by atoms with E-state index in [0.717, 1.165) is 18.6 Å². The highest BCUT2D eigenvalue weighted by Crippen LogP contribution is 2.30. The molecule has 2 unspecified atom stereocenters. The minimum Gasteiger partial charge on any atom is -0.375 e. The van der Waals surface area contributed by atoms with Crippen LogP contribution in [0, 0.1) is 5.92 Å². The van der Waals surface area contributed by atoms with Gasteiger partial charge < -0.3 is 10.1 Å². The normalized spacial score (nSPS) is 32.8. The largest absolute Gasteiger partial charge is 0.375 e. The van der Waals surface area contributed by atoms with Crippen LogP contribution in [0.15, 0.2) is 0 Å². The van der Waals surface area contributed by atoms with Crippen molar-refractivity contribution in [3.63, 3.8) is 0 Å². The van der Waals surface area contributed by atoms with Crippen molar-refractivity contribution in [1.29, 1.82) is 0 Å².